The summed E-state index contributed by atoms with van der Waals surface area (Å²) in [4.78, 5) is 61.6. The number of hydrogen-bond acceptors (Lipinski definition) is 9. The average molecular weight is 576 g/mol. The molecule has 0 fully saturated rings. The van der Waals surface area contributed by atoms with E-state index in [1.807, 2.05) is 0 Å². The number of nitrogens with two attached hydrogens (primary N) is 2. The van der Waals surface area contributed by atoms with Gasteiger partial charge in [0.2, 0.25) is 23.6 Å². The number of aliphatic carboxylic acids is 1. The summed E-state index contributed by atoms with van der Waals surface area (Å²) in [5, 5.41) is 35.9. The van der Waals surface area contributed by atoms with E-state index in [-0.39, 0.29) is 42.9 Å². The Bertz CT molecular complexity index is 1190. The van der Waals surface area contributed by atoms with Crippen molar-refractivity contribution in [2.45, 2.75) is 49.9 Å². The summed E-state index contributed by atoms with van der Waals surface area (Å²) in [6, 6.07) is 6.71. The normalized spacial score (nSPS) is 13.8. The molecule has 0 spiro atoms. The molecule has 40 heavy (non-hydrogen) atoms. The van der Waals surface area contributed by atoms with E-state index in [9.17, 15) is 39.3 Å². The van der Waals surface area contributed by atoms with Crippen molar-refractivity contribution in [3.05, 3.63) is 59.7 Å². The molecule has 4 atom stereocenters. The number of nitrogens with one attached hydrogen (secondary N) is 3. The van der Waals surface area contributed by atoms with Crippen LogP contribution in [-0.4, -0.2) is 74.8 Å². The van der Waals surface area contributed by atoms with Gasteiger partial charge in [0.15, 0.2) is 0 Å². The number of thiol groups is 1. The zero-order valence-electron chi connectivity index (χ0n) is 21.4. The number of amides is 4. The zero-order chi connectivity index (χ0) is 29.8. The van der Waals surface area contributed by atoms with Crippen molar-refractivity contribution in [1.82, 2.24) is 16.0 Å². The molecule has 0 aliphatic rings. The third kappa shape index (κ3) is 10.5. The van der Waals surface area contributed by atoms with Gasteiger partial charge in [-0.15, -0.1) is 0 Å². The van der Waals surface area contributed by atoms with Gasteiger partial charge in [-0.05, 0) is 41.8 Å². The van der Waals surface area contributed by atoms with Crippen molar-refractivity contribution in [1.29, 1.82) is 0 Å². The standard InChI is InChI=1S/C26H33N5O8S/c27-18(9-10-22(28)34)23(35)29-19(11-14-1-5-16(32)6-2-14)24(36)31-21(13-40)25(37)30-20(26(38)39)12-15-3-7-17(33)8-4-15/h1-8,18-21,32-33,40H,9-13,27H2,(H2,28,34)(H,29,35)(H,30,37)(H,31,36)(H,38,39). The third-order valence-electron chi connectivity index (χ3n) is 5.85. The molecule has 2 aromatic rings. The van der Waals surface area contributed by atoms with Crippen LogP contribution in [0.5, 0.6) is 11.5 Å². The van der Waals surface area contributed by atoms with Crippen LogP contribution in [0.15, 0.2) is 48.5 Å². The molecule has 0 bridgehead atoms. The summed E-state index contributed by atoms with van der Waals surface area (Å²) >= 11 is 4.11. The van der Waals surface area contributed by atoms with E-state index in [4.69, 9.17) is 11.5 Å². The first-order valence-corrected chi connectivity index (χ1v) is 12.9. The van der Waals surface area contributed by atoms with Crippen molar-refractivity contribution in [3.8, 4) is 11.5 Å². The van der Waals surface area contributed by atoms with Crippen LogP contribution in [0.2, 0.25) is 0 Å². The van der Waals surface area contributed by atoms with Crippen LogP contribution < -0.4 is 27.4 Å². The topological polar surface area (TPSA) is 234 Å². The zero-order valence-corrected chi connectivity index (χ0v) is 22.3. The Morgan fingerprint density at radius 1 is 0.725 bits per heavy atom. The minimum absolute atomic E-state index is 0.000264. The molecule has 14 heteroatoms. The van der Waals surface area contributed by atoms with E-state index in [0.29, 0.717) is 11.1 Å². The monoisotopic (exact) mass is 575 g/mol. The molecule has 0 saturated heterocycles. The quantitative estimate of drug-likeness (QED) is 0.118. The largest absolute Gasteiger partial charge is 0.508 e. The first kappa shape index (κ1) is 31.9. The van der Waals surface area contributed by atoms with E-state index in [0.717, 1.165) is 0 Å². The smallest absolute Gasteiger partial charge is 0.326 e. The number of aromatic hydroxyl groups is 2. The number of phenols is 2. The van der Waals surface area contributed by atoms with Gasteiger partial charge in [0.25, 0.3) is 0 Å². The van der Waals surface area contributed by atoms with Crippen LogP contribution in [0.3, 0.4) is 0 Å². The number of phenolic OH excluding ortho intramolecular Hbond substituents is 2. The van der Waals surface area contributed by atoms with E-state index >= 15 is 0 Å². The van der Waals surface area contributed by atoms with Crippen molar-refractivity contribution in [2.24, 2.45) is 11.5 Å². The lowest BCUT2D eigenvalue weighted by Crippen LogP contribution is -2.58. The van der Waals surface area contributed by atoms with Crippen molar-refractivity contribution < 1.29 is 39.3 Å². The lowest BCUT2D eigenvalue weighted by atomic mass is 10.0. The molecule has 0 radical (unpaired) electrons. The fourth-order valence-corrected chi connectivity index (χ4v) is 3.85. The lowest BCUT2D eigenvalue weighted by molar-refractivity contribution is -0.142. The Kier molecular flexibility index (Phi) is 12.2. The van der Waals surface area contributed by atoms with Gasteiger partial charge >= 0.3 is 5.97 Å². The summed E-state index contributed by atoms with van der Waals surface area (Å²) in [6.07, 6.45) is -0.314. The molecule has 4 unspecified atom stereocenters. The molecule has 0 heterocycles. The van der Waals surface area contributed by atoms with Gasteiger partial charge in [0.05, 0.1) is 6.04 Å². The predicted molar refractivity (Wildman–Crippen MR) is 147 cm³/mol. The molecule has 2 aromatic carbocycles. The first-order chi connectivity index (χ1) is 18.9. The highest BCUT2D eigenvalue weighted by atomic mass is 32.1. The number of rotatable bonds is 15. The second-order valence-corrected chi connectivity index (χ2v) is 9.42. The first-order valence-electron chi connectivity index (χ1n) is 12.2. The Labute approximate surface area is 235 Å². The number of carboxylic acids is 1. The molecule has 4 amide bonds. The maximum absolute atomic E-state index is 13.2. The van der Waals surface area contributed by atoms with Gasteiger partial charge in [0, 0.05) is 25.0 Å². The van der Waals surface area contributed by atoms with Gasteiger partial charge in [-0.3, -0.25) is 19.2 Å². The van der Waals surface area contributed by atoms with Crippen molar-refractivity contribution >= 4 is 42.2 Å². The molecule has 0 aliphatic heterocycles. The Morgan fingerprint density at radius 2 is 1.15 bits per heavy atom. The van der Waals surface area contributed by atoms with Crippen molar-refractivity contribution in [2.75, 3.05) is 5.75 Å². The number of carbonyl (C=O) groups is 5. The summed E-state index contributed by atoms with van der Waals surface area (Å²) in [7, 11) is 0. The van der Waals surface area contributed by atoms with Crippen LogP contribution in [0.4, 0.5) is 0 Å². The van der Waals surface area contributed by atoms with E-state index in [1.54, 1.807) is 12.1 Å². The van der Waals surface area contributed by atoms with Crippen LogP contribution in [0, 0.1) is 0 Å². The molecule has 13 nitrogen and oxygen atoms in total. The summed E-state index contributed by atoms with van der Waals surface area (Å²) in [6.45, 7) is 0. The van der Waals surface area contributed by atoms with Gasteiger partial charge < -0.3 is 42.7 Å². The molecule has 216 valence electrons. The van der Waals surface area contributed by atoms with Gasteiger partial charge in [0.1, 0.15) is 29.6 Å². The average Bonchev–Trinajstić information content (AvgIpc) is 2.91. The molecule has 0 saturated carbocycles. The highest BCUT2D eigenvalue weighted by Crippen LogP contribution is 2.13. The Hall–Kier alpha value is -4.30. The number of carboxylic acid groups (broad SMARTS) is 1. The fourth-order valence-electron chi connectivity index (χ4n) is 3.59. The molecule has 0 aromatic heterocycles. The summed E-state index contributed by atoms with van der Waals surface area (Å²) in [5.74, 6) is -4.48. The Morgan fingerprint density at radius 3 is 1.60 bits per heavy atom. The van der Waals surface area contributed by atoms with E-state index in [2.05, 4.69) is 28.6 Å². The van der Waals surface area contributed by atoms with Gasteiger partial charge in [-0.1, -0.05) is 24.3 Å². The second kappa shape index (κ2) is 15.3. The number of carbonyl (C=O) groups excluding carboxylic acids is 4. The van der Waals surface area contributed by atoms with Crippen molar-refractivity contribution in [3.63, 3.8) is 0 Å². The van der Waals surface area contributed by atoms with Crippen LogP contribution >= 0.6 is 12.6 Å². The number of benzene rings is 2. The summed E-state index contributed by atoms with van der Waals surface area (Å²) < 4.78 is 0. The van der Waals surface area contributed by atoms with E-state index in [1.165, 1.54) is 36.4 Å². The fraction of sp³-hybridized carbons (Fsp3) is 0.346. The third-order valence-corrected chi connectivity index (χ3v) is 6.22. The molecule has 0 aliphatic carbocycles. The number of hydrogen-bond donors (Lipinski definition) is 9. The SMILES string of the molecule is NC(=O)CCC(N)C(=O)NC(Cc1ccc(O)cc1)C(=O)NC(CS)C(=O)NC(Cc1ccc(O)cc1)C(=O)O. The van der Waals surface area contributed by atoms with Crippen LogP contribution in [0.25, 0.3) is 0 Å². The highest BCUT2D eigenvalue weighted by molar-refractivity contribution is 7.80. The van der Waals surface area contributed by atoms with Crippen LogP contribution in [-0.2, 0) is 36.8 Å². The summed E-state index contributed by atoms with van der Waals surface area (Å²) in [5.41, 5.74) is 12.0. The minimum atomic E-state index is -1.34. The second-order valence-electron chi connectivity index (χ2n) is 9.06. The molecular formula is C26H33N5O8S. The molecule has 2 rings (SSSR count). The maximum atomic E-state index is 13.2. The Balaban J connectivity index is 2.15. The van der Waals surface area contributed by atoms with Crippen LogP contribution in [0.1, 0.15) is 24.0 Å². The van der Waals surface area contributed by atoms with Gasteiger partial charge in [-0.25, -0.2) is 4.79 Å². The molecular weight excluding hydrogens is 542 g/mol. The maximum Gasteiger partial charge on any atom is 0.326 e. The molecule has 10 N–H and O–H groups in total. The van der Waals surface area contributed by atoms with Gasteiger partial charge in [-0.2, -0.15) is 12.6 Å². The highest BCUT2D eigenvalue weighted by Gasteiger charge is 2.30. The van der Waals surface area contributed by atoms with E-state index < -0.39 is 53.8 Å². The lowest BCUT2D eigenvalue weighted by Gasteiger charge is -2.24. The number of primary amides is 1. The minimum Gasteiger partial charge on any atom is -0.508 e. The predicted octanol–water partition coefficient (Wildman–Crippen LogP) is -1.06.